The van der Waals surface area contributed by atoms with Crippen LogP contribution in [0.1, 0.15) is 12.8 Å². The highest BCUT2D eigenvalue weighted by Crippen LogP contribution is 2.35. The van der Waals surface area contributed by atoms with Crippen LogP contribution in [0.25, 0.3) is 10.8 Å². The first-order valence-corrected chi connectivity index (χ1v) is 12.6. The molecule has 2 heterocycles. The third-order valence-corrected chi connectivity index (χ3v) is 8.74. The fourth-order valence-corrected chi connectivity index (χ4v) is 6.37. The molecule has 33 heavy (non-hydrogen) atoms. The number of benzene rings is 2. The molecule has 0 bridgehead atoms. The number of likely N-dealkylation sites (tertiary alicyclic amines) is 1. The number of fused-ring (bicyclic) bond motifs is 2. The monoisotopic (exact) mass is 467 g/mol. The maximum absolute atomic E-state index is 13.1. The van der Waals surface area contributed by atoms with Crippen LogP contribution in [-0.4, -0.2) is 73.0 Å². The van der Waals surface area contributed by atoms with E-state index in [0.717, 1.165) is 15.7 Å². The minimum atomic E-state index is -3.69. The van der Waals surface area contributed by atoms with Crippen LogP contribution in [0.2, 0.25) is 0 Å². The van der Waals surface area contributed by atoms with E-state index in [1.807, 2.05) is 36.4 Å². The van der Waals surface area contributed by atoms with E-state index in [0.29, 0.717) is 12.8 Å². The maximum Gasteiger partial charge on any atom is 0.243 e. The van der Waals surface area contributed by atoms with Gasteiger partial charge in [-0.05, 0) is 35.7 Å². The van der Waals surface area contributed by atoms with E-state index in [4.69, 9.17) is 0 Å². The van der Waals surface area contributed by atoms with Gasteiger partial charge in [0.05, 0.1) is 16.7 Å². The van der Waals surface area contributed by atoms with E-state index in [-0.39, 0.29) is 67.2 Å². The summed E-state index contributed by atoms with van der Waals surface area (Å²) in [6.07, 6.45) is 4.89. The molecule has 0 unspecified atom stereocenters. The Morgan fingerprint density at radius 2 is 1.45 bits per heavy atom. The molecule has 0 N–H and O–H groups in total. The molecular formula is C24H25N3O5S. The van der Waals surface area contributed by atoms with E-state index in [1.165, 1.54) is 9.21 Å². The van der Waals surface area contributed by atoms with Crippen molar-refractivity contribution in [1.29, 1.82) is 0 Å². The van der Waals surface area contributed by atoms with Crippen molar-refractivity contribution in [1.82, 2.24) is 14.1 Å². The number of imide groups is 1. The molecule has 5 rings (SSSR count). The molecular weight excluding hydrogens is 442 g/mol. The highest BCUT2D eigenvalue weighted by atomic mass is 32.2. The second kappa shape index (κ2) is 8.39. The molecule has 8 nitrogen and oxygen atoms in total. The lowest BCUT2D eigenvalue weighted by atomic mass is 9.85. The summed E-state index contributed by atoms with van der Waals surface area (Å²) in [6.45, 7) is 0.491. The van der Waals surface area contributed by atoms with Crippen molar-refractivity contribution in [3.05, 3.63) is 54.6 Å². The molecule has 3 aliphatic rings. The highest BCUT2D eigenvalue weighted by Gasteiger charge is 2.48. The van der Waals surface area contributed by atoms with E-state index in [9.17, 15) is 22.8 Å². The number of hydrogen-bond donors (Lipinski definition) is 0. The molecule has 9 heteroatoms. The van der Waals surface area contributed by atoms with Crippen LogP contribution < -0.4 is 0 Å². The second-order valence-corrected chi connectivity index (χ2v) is 10.7. The number of nitrogens with zero attached hydrogens (tertiary/aromatic N) is 3. The number of piperazine rings is 1. The van der Waals surface area contributed by atoms with E-state index < -0.39 is 10.0 Å². The summed E-state index contributed by atoms with van der Waals surface area (Å²) >= 11 is 0. The molecule has 0 saturated carbocycles. The number of carbonyl (C=O) groups excluding carboxylic acids is 3. The average molecular weight is 468 g/mol. The summed E-state index contributed by atoms with van der Waals surface area (Å²) in [5, 5.41) is 1.82. The van der Waals surface area contributed by atoms with Crippen molar-refractivity contribution < 1.29 is 22.8 Å². The Bertz CT molecular complexity index is 1240. The van der Waals surface area contributed by atoms with Crippen molar-refractivity contribution >= 4 is 38.5 Å². The van der Waals surface area contributed by atoms with Gasteiger partial charge in [-0.3, -0.25) is 19.3 Å². The molecule has 0 spiro atoms. The number of rotatable bonds is 4. The molecule has 2 aromatic rings. The number of carbonyl (C=O) groups is 3. The zero-order chi connectivity index (χ0) is 23.2. The normalized spacial score (nSPS) is 23.9. The molecule has 2 atom stereocenters. The van der Waals surface area contributed by atoms with Gasteiger partial charge in [0.2, 0.25) is 27.7 Å². The van der Waals surface area contributed by atoms with E-state index in [2.05, 4.69) is 0 Å². The molecule has 1 aliphatic carbocycles. The molecule has 2 aromatic carbocycles. The maximum atomic E-state index is 13.1. The minimum absolute atomic E-state index is 0.165. The Hall–Kier alpha value is -3.04. The minimum Gasteiger partial charge on any atom is -0.338 e. The van der Waals surface area contributed by atoms with Gasteiger partial charge in [-0.1, -0.05) is 42.5 Å². The predicted octanol–water partition coefficient (Wildman–Crippen LogP) is 1.62. The van der Waals surface area contributed by atoms with Gasteiger partial charge in [-0.25, -0.2) is 8.42 Å². The van der Waals surface area contributed by atoms with Gasteiger partial charge < -0.3 is 4.90 Å². The fourth-order valence-electron chi connectivity index (χ4n) is 4.91. The summed E-state index contributed by atoms with van der Waals surface area (Å²) in [4.78, 5) is 40.9. The molecule has 2 aliphatic heterocycles. The van der Waals surface area contributed by atoms with Crippen molar-refractivity contribution in [2.24, 2.45) is 11.8 Å². The summed E-state index contributed by atoms with van der Waals surface area (Å²) in [5.41, 5.74) is 0. The van der Waals surface area contributed by atoms with Crippen molar-refractivity contribution in [2.45, 2.75) is 17.7 Å². The topological polar surface area (TPSA) is 95.1 Å². The van der Waals surface area contributed by atoms with Crippen LogP contribution in [0, 0.1) is 11.8 Å². The lowest BCUT2D eigenvalue weighted by molar-refractivity contribution is -0.147. The Balaban J connectivity index is 1.23. The smallest absolute Gasteiger partial charge is 0.243 e. The summed E-state index contributed by atoms with van der Waals surface area (Å²) in [5.74, 6) is -1.61. The molecule has 2 fully saturated rings. The Morgan fingerprint density at radius 3 is 2.09 bits per heavy atom. The zero-order valence-electron chi connectivity index (χ0n) is 18.1. The Morgan fingerprint density at radius 1 is 0.848 bits per heavy atom. The molecule has 0 radical (unpaired) electrons. The Labute approximate surface area is 192 Å². The summed E-state index contributed by atoms with van der Waals surface area (Å²) in [6, 6.07) is 12.6. The molecule has 172 valence electrons. The fraction of sp³-hybridized carbons (Fsp3) is 0.375. The van der Waals surface area contributed by atoms with Gasteiger partial charge in [-0.2, -0.15) is 4.31 Å². The molecule has 2 saturated heterocycles. The first-order valence-electron chi connectivity index (χ1n) is 11.1. The van der Waals surface area contributed by atoms with Gasteiger partial charge in [-0.15, -0.1) is 0 Å². The SMILES string of the molecule is O=C(CN1C(=O)[C@@H]2CC=CC[C@H]2C1=O)N1CCN(S(=O)(=O)c2ccc3ccccc3c2)CC1. The largest absolute Gasteiger partial charge is 0.338 e. The summed E-state index contributed by atoms with van der Waals surface area (Å²) < 4.78 is 27.7. The van der Waals surface area contributed by atoms with Gasteiger partial charge >= 0.3 is 0 Å². The van der Waals surface area contributed by atoms with Crippen LogP contribution in [0.3, 0.4) is 0 Å². The van der Waals surface area contributed by atoms with Crippen LogP contribution in [0.5, 0.6) is 0 Å². The lowest BCUT2D eigenvalue weighted by Gasteiger charge is -2.34. The van der Waals surface area contributed by atoms with Crippen LogP contribution >= 0.6 is 0 Å². The lowest BCUT2D eigenvalue weighted by Crippen LogP contribution is -2.53. The molecule has 3 amide bonds. The van der Waals surface area contributed by atoms with Gasteiger partial charge in [0.1, 0.15) is 6.54 Å². The first-order chi connectivity index (χ1) is 15.9. The number of hydrogen-bond acceptors (Lipinski definition) is 5. The van der Waals surface area contributed by atoms with Crippen molar-refractivity contribution in [3.63, 3.8) is 0 Å². The van der Waals surface area contributed by atoms with Gasteiger partial charge in [0.15, 0.2) is 0 Å². The predicted molar refractivity (Wildman–Crippen MR) is 121 cm³/mol. The highest BCUT2D eigenvalue weighted by molar-refractivity contribution is 7.89. The second-order valence-electron chi connectivity index (χ2n) is 8.71. The van der Waals surface area contributed by atoms with Gasteiger partial charge in [0.25, 0.3) is 0 Å². The number of amides is 3. The van der Waals surface area contributed by atoms with Crippen molar-refractivity contribution in [3.8, 4) is 0 Å². The number of allylic oxidation sites excluding steroid dienone is 2. The van der Waals surface area contributed by atoms with Gasteiger partial charge in [0, 0.05) is 26.2 Å². The third-order valence-electron chi connectivity index (χ3n) is 6.84. The Kier molecular flexibility index (Phi) is 5.54. The zero-order valence-corrected chi connectivity index (χ0v) is 18.9. The van der Waals surface area contributed by atoms with Crippen LogP contribution in [-0.2, 0) is 24.4 Å². The third kappa shape index (κ3) is 3.85. The van der Waals surface area contributed by atoms with E-state index in [1.54, 1.807) is 18.2 Å². The van der Waals surface area contributed by atoms with Crippen LogP contribution in [0.4, 0.5) is 0 Å². The first kappa shape index (κ1) is 21.8. The van der Waals surface area contributed by atoms with E-state index >= 15 is 0 Å². The summed E-state index contributed by atoms with van der Waals surface area (Å²) in [7, 11) is -3.69. The number of sulfonamides is 1. The average Bonchev–Trinajstić information content (AvgIpc) is 3.08. The molecule has 0 aromatic heterocycles. The quantitative estimate of drug-likeness (QED) is 0.503. The van der Waals surface area contributed by atoms with Crippen LogP contribution in [0.15, 0.2) is 59.5 Å². The van der Waals surface area contributed by atoms with Crippen molar-refractivity contribution in [2.75, 3.05) is 32.7 Å². The standard InChI is InChI=1S/C24H25N3O5S/c28-22(16-27-23(29)20-7-3-4-8-21(20)24(27)30)25-11-13-26(14-12-25)33(31,32)19-10-9-17-5-1-2-6-18(17)15-19/h1-6,9-10,15,20-21H,7-8,11-14,16H2/t20-,21-/m1/s1.